The molecule has 0 radical (unpaired) electrons. The maximum atomic E-state index is 12.4. The summed E-state index contributed by atoms with van der Waals surface area (Å²) in [6.45, 7) is 16.3. The van der Waals surface area contributed by atoms with E-state index in [1.807, 2.05) is 0 Å². The van der Waals surface area contributed by atoms with Gasteiger partial charge in [-0.2, -0.15) is 0 Å². The van der Waals surface area contributed by atoms with Crippen molar-refractivity contribution in [3.8, 4) is 0 Å². The van der Waals surface area contributed by atoms with Crippen LogP contribution in [0.5, 0.6) is 0 Å². The molecule has 4 rings (SSSR count). The average molecular weight is 577 g/mol. The lowest BCUT2D eigenvalue weighted by molar-refractivity contribution is -0.273. The van der Waals surface area contributed by atoms with Gasteiger partial charge in [0.1, 0.15) is 17.8 Å². The van der Waals surface area contributed by atoms with Crippen LogP contribution in [0.25, 0.3) is 0 Å². The van der Waals surface area contributed by atoms with Crippen molar-refractivity contribution in [1.82, 2.24) is 0 Å². The zero-order valence-electron chi connectivity index (χ0n) is 26.9. The Kier molecular flexibility index (Phi) is 9.58. The van der Waals surface area contributed by atoms with Crippen LogP contribution in [0, 0.1) is 52.3 Å². The van der Waals surface area contributed by atoms with Gasteiger partial charge in [0.25, 0.3) is 0 Å². The fourth-order valence-electron chi connectivity index (χ4n) is 10.2. The summed E-state index contributed by atoms with van der Waals surface area (Å²) in [7, 11) is 0. The smallest absolute Gasteiger partial charge is 0.303 e. The van der Waals surface area contributed by atoms with Gasteiger partial charge in [-0.15, -0.1) is 0 Å². The van der Waals surface area contributed by atoms with Gasteiger partial charge < -0.3 is 19.3 Å². The zero-order chi connectivity index (χ0) is 30.3. The molecule has 4 aliphatic rings. The van der Waals surface area contributed by atoms with Gasteiger partial charge in [-0.3, -0.25) is 14.4 Å². The van der Waals surface area contributed by atoms with Gasteiger partial charge in [-0.05, 0) is 86.4 Å². The largest absolute Gasteiger partial charge is 0.465 e. The molecule has 4 saturated carbocycles. The van der Waals surface area contributed by atoms with Crippen molar-refractivity contribution >= 4 is 17.9 Å². The summed E-state index contributed by atoms with van der Waals surface area (Å²) in [6.07, 6.45) is 7.81. The molecule has 4 aliphatic carbocycles. The lowest BCUT2D eigenvalue weighted by Gasteiger charge is -2.66. The molecule has 0 saturated heterocycles. The quantitative estimate of drug-likeness (QED) is 0.248. The topological polar surface area (TPSA) is 99.1 Å². The van der Waals surface area contributed by atoms with Gasteiger partial charge in [-0.1, -0.05) is 47.5 Å². The Labute approximate surface area is 247 Å². The van der Waals surface area contributed by atoms with E-state index in [4.69, 9.17) is 14.2 Å². The number of aliphatic hydroxyl groups is 1. The lowest BCUT2D eigenvalue weighted by atomic mass is 9.42. The molecule has 234 valence electrons. The molecule has 7 heteroatoms. The molecule has 41 heavy (non-hydrogen) atoms. The number of hydrogen-bond acceptors (Lipinski definition) is 7. The highest BCUT2D eigenvalue weighted by atomic mass is 16.6. The number of carbonyl (C=O) groups excluding carboxylic acids is 3. The molecule has 0 aliphatic heterocycles. The molecule has 4 fully saturated rings. The molecule has 0 aromatic heterocycles. The predicted octanol–water partition coefficient (Wildman–Crippen LogP) is 6.49. The number of fused-ring (bicyclic) bond motifs is 5. The zero-order valence-corrected chi connectivity index (χ0v) is 26.9. The van der Waals surface area contributed by atoms with Crippen LogP contribution < -0.4 is 0 Å². The summed E-state index contributed by atoms with van der Waals surface area (Å²) >= 11 is 0. The van der Waals surface area contributed by atoms with E-state index in [2.05, 4.69) is 34.6 Å². The molecule has 11 atom stereocenters. The van der Waals surface area contributed by atoms with Gasteiger partial charge in [0.2, 0.25) is 0 Å². The third-order valence-corrected chi connectivity index (χ3v) is 12.7. The van der Waals surface area contributed by atoms with Gasteiger partial charge >= 0.3 is 17.9 Å². The van der Waals surface area contributed by atoms with Gasteiger partial charge in [0, 0.05) is 38.0 Å². The summed E-state index contributed by atoms with van der Waals surface area (Å²) in [5.74, 6) is 2.28. The summed E-state index contributed by atoms with van der Waals surface area (Å²) < 4.78 is 17.4. The Morgan fingerprint density at radius 1 is 0.854 bits per heavy atom. The average Bonchev–Trinajstić information content (AvgIpc) is 3.27. The van der Waals surface area contributed by atoms with Crippen LogP contribution >= 0.6 is 0 Å². The van der Waals surface area contributed by atoms with Crippen molar-refractivity contribution < 1.29 is 33.7 Å². The lowest BCUT2D eigenvalue weighted by Crippen LogP contribution is -2.69. The van der Waals surface area contributed by atoms with Crippen LogP contribution in [0.15, 0.2) is 0 Å². The first-order chi connectivity index (χ1) is 19.1. The summed E-state index contributed by atoms with van der Waals surface area (Å²) in [6, 6.07) is 0. The first-order valence-corrected chi connectivity index (χ1v) is 16.3. The summed E-state index contributed by atoms with van der Waals surface area (Å²) in [5.41, 5.74) is -1.81. The first-order valence-electron chi connectivity index (χ1n) is 16.3. The normalized spacial score (nSPS) is 41.4. The molecule has 7 nitrogen and oxygen atoms in total. The Hall–Kier alpha value is -1.63. The highest BCUT2D eigenvalue weighted by Crippen LogP contribution is 2.70. The molecular weight excluding hydrogens is 520 g/mol. The van der Waals surface area contributed by atoms with Crippen LogP contribution in [0.4, 0.5) is 0 Å². The van der Waals surface area contributed by atoms with Crippen molar-refractivity contribution in [1.29, 1.82) is 0 Å². The van der Waals surface area contributed by atoms with Crippen molar-refractivity contribution in [2.45, 2.75) is 137 Å². The van der Waals surface area contributed by atoms with Crippen LogP contribution in [0.3, 0.4) is 0 Å². The number of esters is 3. The van der Waals surface area contributed by atoms with E-state index in [1.54, 1.807) is 0 Å². The van der Waals surface area contributed by atoms with Gasteiger partial charge in [-0.25, -0.2) is 0 Å². The van der Waals surface area contributed by atoms with Crippen molar-refractivity contribution in [3.63, 3.8) is 0 Å². The molecule has 0 spiro atoms. The number of rotatable bonds is 9. The molecular formula is C34H56O7. The molecule has 0 bridgehead atoms. The van der Waals surface area contributed by atoms with Gasteiger partial charge in [0.15, 0.2) is 0 Å². The van der Waals surface area contributed by atoms with Crippen LogP contribution in [-0.2, 0) is 28.6 Å². The monoisotopic (exact) mass is 576 g/mol. The number of ether oxygens (including phenoxy) is 3. The van der Waals surface area contributed by atoms with Crippen molar-refractivity contribution in [3.05, 3.63) is 0 Å². The molecule has 0 amide bonds. The minimum absolute atomic E-state index is 0.0884. The molecule has 0 heterocycles. The molecule has 0 aromatic rings. The third-order valence-electron chi connectivity index (χ3n) is 12.7. The molecule has 0 aromatic carbocycles. The van der Waals surface area contributed by atoms with Crippen LogP contribution in [0.2, 0.25) is 0 Å². The van der Waals surface area contributed by atoms with E-state index in [0.717, 1.165) is 32.1 Å². The van der Waals surface area contributed by atoms with E-state index in [1.165, 1.54) is 33.6 Å². The summed E-state index contributed by atoms with van der Waals surface area (Å²) in [4.78, 5) is 36.3. The Morgan fingerprint density at radius 3 is 2.15 bits per heavy atom. The molecule has 0 unspecified atom stereocenters. The SMILES string of the molecule is CC(=O)OC[C@]12CC[C@H]3[C@@H](C[C@@H](OC(C)=O)[C@@]4(O)C[C@@H](OC(C)=O)CC[C@]34C)[C@@H]1CC[C@@H]2[C@H](C)CC[C@H](C)C(C)C. The Balaban J connectivity index is 1.66. The maximum Gasteiger partial charge on any atom is 0.303 e. The minimum Gasteiger partial charge on any atom is -0.465 e. The van der Waals surface area contributed by atoms with E-state index in [0.29, 0.717) is 55.5 Å². The van der Waals surface area contributed by atoms with E-state index >= 15 is 0 Å². The fourth-order valence-corrected chi connectivity index (χ4v) is 10.2. The van der Waals surface area contributed by atoms with Crippen LogP contribution in [-0.4, -0.2) is 47.4 Å². The van der Waals surface area contributed by atoms with Crippen LogP contribution in [0.1, 0.15) is 120 Å². The van der Waals surface area contributed by atoms with Crippen molar-refractivity contribution in [2.24, 2.45) is 52.3 Å². The standard InChI is InChI=1S/C34H56O7/c1-20(2)21(3)9-10-22(4)28-11-12-30-27-17-31(41-25(7)37)34(38)18-26(40-24(6)36)13-15-32(34,8)29(27)14-16-33(28,30)19-39-23(5)35/h20-22,26-31,38H,9-19H2,1-8H3/t21-,22+,26-,27+,28+,29-,30-,31+,32+,33-,34-/m0/s1. The number of carbonyl (C=O) groups is 3. The Morgan fingerprint density at radius 2 is 1.54 bits per heavy atom. The molecule has 1 N–H and O–H groups in total. The third kappa shape index (κ3) is 5.95. The highest BCUT2D eigenvalue weighted by molar-refractivity contribution is 5.67. The van der Waals surface area contributed by atoms with E-state index in [9.17, 15) is 19.5 Å². The Bertz CT molecular complexity index is 978. The second kappa shape index (κ2) is 12.2. The second-order valence-corrected chi connectivity index (χ2v) is 15.0. The first kappa shape index (κ1) is 32.3. The van der Waals surface area contributed by atoms with E-state index < -0.39 is 23.1 Å². The number of hydrogen-bond donors (Lipinski definition) is 1. The van der Waals surface area contributed by atoms with Gasteiger partial charge in [0.05, 0.1) is 6.61 Å². The van der Waals surface area contributed by atoms with E-state index in [-0.39, 0.29) is 35.3 Å². The highest BCUT2D eigenvalue weighted by Gasteiger charge is 2.69. The van der Waals surface area contributed by atoms with Crippen molar-refractivity contribution in [2.75, 3.05) is 6.61 Å². The summed E-state index contributed by atoms with van der Waals surface area (Å²) in [5, 5.41) is 12.4. The second-order valence-electron chi connectivity index (χ2n) is 15.0. The predicted molar refractivity (Wildman–Crippen MR) is 157 cm³/mol. The fraction of sp³-hybridized carbons (Fsp3) is 0.912. The minimum atomic E-state index is -1.26. The maximum absolute atomic E-state index is 12.4.